The first-order chi connectivity index (χ1) is 16.2. The van der Waals surface area contributed by atoms with Crippen molar-refractivity contribution in [3.05, 3.63) is 78.2 Å². The van der Waals surface area contributed by atoms with Crippen LogP contribution in [0.25, 0.3) is 16.3 Å². The zero-order chi connectivity index (χ0) is 22.6. The Bertz CT molecular complexity index is 1250. The number of rotatable bonds is 5. The van der Waals surface area contributed by atoms with Gasteiger partial charge in [-0.1, -0.05) is 24.3 Å². The first-order valence-corrected chi connectivity index (χ1v) is 11.6. The number of pyridine rings is 1. The van der Waals surface area contributed by atoms with Gasteiger partial charge in [-0.15, -0.1) is 11.3 Å². The van der Waals surface area contributed by atoms with Crippen molar-refractivity contribution in [2.75, 3.05) is 18.4 Å². The number of piperidine rings is 1. The van der Waals surface area contributed by atoms with Crippen molar-refractivity contribution in [3.63, 3.8) is 0 Å². The van der Waals surface area contributed by atoms with Crippen molar-refractivity contribution in [2.45, 2.75) is 12.8 Å². The monoisotopic (exact) mass is 458 g/mol. The van der Waals surface area contributed by atoms with Crippen molar-refractivity contribution in [2.24, 2.45) is 5.92 Å². The highest BCUT2D eigenvalue weighted by atomic mass is 32.1. The maximum Gasteiger partial charge on any atom is 0.273 e. The molecule has 1 fully saturated rings. The number of hydrogen-bond donors (Lipinski definition) is 1. The molecule has 0 spiro atoms. The second kappa shape index (κ2) is 9.33. The van der Waals surface area contributed by atoms with E-state index in [-0.39, 0.29) is 17.7 Å². The van der Waals surface area contributed by atoms with Crippen LogP contribution >= 0.6 is 11.3 Å². The van der Waals surface area contributed by atoms with E-state index < -0.39 is 0 Å². The van der Waals surface area contributed by atoms with Crippen molar-refractivity contribution in [1.29, 1.82) is 0 Å². The number of hydrogen-bond acceptors (Lipinski definition) is 6. The third-order valence-electron chi connectivity index (χ3n) is 5.64. The van der Waals surface area contributed by atoms with E-state index in [0.29, 0.717) is 37.4 Å². The van der Waals surface area contributed by atoms with Crippen molar-refractivity contribution >= 4 is 29.0 Å². The second-order valence-corrected chi connectivity index (χ2v) is 8.68. The number of para-hydroxylation sites is 1. The van der Waals surface area contributed by atoms with Crippen LogP contribution in [0.2, 0.25) is 0 Å². The summed E-state index contributed by atoms with van der Waals surface area (Å²) >= 11 is 1.43. The lowest BCUT2D eigenvalue weighted by molar-refractivity contribution is -0.121. The minimum Gasteiger partial charge on any atom is -0.337 e. The number of nitrogens with zero attached hydrogens (tertiary/aromatic N) is 5. The molecule has 0 radical (unpaired) electrons. The van der Waals surface area contributed by atoms with E-state index in [0.717, 1.165) is 16.3 Å². The molecule has 5 rings (SSSR count). The van der Waals surface area contributed by atoms with E-state index >= 15 is 0 Å². The fourth-order valence-corrected chi connectivity index (χ4v) is 4.60. The zero-order valence-corrected chi connectivity index (χ0v) is 18.6. The molecule has 8 nitrogen and oxygen atoms in total. The molecule has 1 N–H and O–H groups in total. The fourth-order valence-electron chi connectivity index (χ4n) is 3.83. The summed E-state index contributed by atoms with van der Waals surface area (Å²) in [5.41, 5.74) is 2.26. The molecule has 0 bridgehead atoms. The Morgan fingerprint density at radius 2 is 1.82 bits per heavy atom. The molecule has 1 aromatic carbocycles. The molecule has 0 unspecified atom stereocenters. The predicted molar refractivity (Wildman–Crippen MR) is 126 cm³/mol. The van der Waals surface area contributed by atoms with Gasteiger partial charge in [0.2, 0.25) is 5.91 Å². The number of carbonyl (C=O) groups is 2. The molecule has 4 aromatic rings. The van der Waals surface area contributed by atoms with Crippen LogP contribution < -0.4 is 5.32 Å². The van der Waals surface area contributed by atoms with Crippen LogP contribution in [0.3, 0.4) is 0 Å². The average molecular weight is 459 g/mol. The Hall–Kier alpha value is -3.85. The van der Waals surface area contributed by atoms with Gasteiger partial charge in [-0.3, -0.25) is 9.59 Å². The van der Waals surface area contributed by atoms with E-state index in [1.54, 1.807) is 39.5 Å². The fraction of sp³-hybridized carbons (Fsp3) is 0.208. The number of likely N-dealkylation sites (tertiary alicyclic amines) is 1. The average Bonchev–Trinajstić information content (AvgIpc) is 3.55. The molecule has 2 amide bonds. The molecule has 3 aromatic heterocycles. The van der Waals surface area contributed by atoms with Gasteiger partial charge in [0.25, 0.3) is 5.91 Å². The highest BCUT2D eigenvalue weighted by Crippen LogP contribution is 2.26. The molecule has 9 heteroatoms. The Balaban J connectivity index is 1.19. The Morgan fingerprint density at radius 1 is 1.03 bits per heavy atom. The van der Waals surface area contributed by atoms with Crippen molar-refractivity contribution < 1.29 is 9.59 Å². The normalized spacial score (nSPS) is 14.2. The predicted octanol–water partition coefficient (Wildman–Crippen LogP) is 3.88. The van der Waals surface area contributed by atoms with Crippen molar-refractivity contribution in [3.8, 4) is 16.3 Å². The third kappa shape index (κ3) is 4.68. The van der Waals surface area contributed by atoms with Gasteiger partial charge in [0, 0.05) is 42.3 Å². The topological polar surface area (TPSA) is 93.0 Å². The Labute approximate surface area is 194 Å². The number of carbonyl (C=O) groups excluding carboxylic acids is 2. The van der Waals surface area contributed by atoms with Gasteiger partial charge < -0.3 is 10.2 Å². The zero-order valence-electron chi connectivity index (χ0n) is 17.8. The SMILES string of the molecule is O=C(Nc1ccccn1)C1CCN(C(=O)c2csc(-c3cnn(-c4ccccc4)c3)n2)CC1. The van der Waals surface area contributed by atoms with Gasteiger partial charge in [0.1, 0.15) is 16.5 Å². The molecule has 1 aliphatic heterocycles. The standard InChI is InChI=1S/C24H22N6O2S/c31-22(28-21-8-4-5-11-25-21)17-9-12-29(13-10-17)24(32)20-16-33-23(27-20)18-14-26-30(15-18)19-6-2-1-3-7-19/h1-8,11,14-17H,9-10,12-13H2,(H,25,28,31). The molecule has 0 atom stereocenters. The van der Waals surface area contributed by atoms with Gasteiger partial charge in [0.15, 0.2) is 0 Å². The van der Waals surface area contributed by atoms with E-state index in [1.807, 2.05) is 42.6 Å². The van der Waals surface area contributed by atoms with Gasteiger partial charge >= 0.3 is 0 Å². The van der Waals surface area contributed by atoms with Gasteiger partial charge in [0.05, 0.1) is 11.9 Å². The number of thiazole rings is 1. The van der Waals surface area contributed by atoms with Crippen LogP contribution in [-0.2, 0) is 4.79 Å². The summed E-state index contributed by atoms with van der Waals surface area (Å²) in [5.74, 6) is 0.265. The molecular weight excluding hydrogens is 436 g/mol. The molecule has 4 heterocycles. The molecule has 0 aliphatic carbocycles. The smallest absolute Gasteiger partial charge is 0.273 e. The molecule has 0 saturated carbocycles. The summed E-state index contributed by atoms with van der Waals surface area (Å²) in [6.45, 7) is 1.05. The van der Waals surface area contributed by atoms with Crippen LogP contribution in [0, 0.1) is 5.92 Å². The number of aromatic nitrogens is 4. The maximum atomic E-state index is 13.0. The Morgan fingerprint density at radius 3 is 2.58 bits per heavy atom. The highest BCUT2D eigenvalue weighted by molar-refractivity contribution is 7.13. The van der Waals surface area contributed by atoms with Gasteiger partial charge in [-0.05, 0) is 37.1 Å². The lowest BCUT2D eigenvalue weighted by Gasteiger charge is -2.30. The van der Waals surface area contributed by atoms with Crippen molar-refractivity contribution in [1.82, 2.24) is 24.6 Å². The summed E-state index contributed by atoms with van der Waals surface area (Å²) < 4.78 is 1.79. The highest BCUT2D eigenvalue weighted by Gasteiger charge is 2.29. The largest absolute Gasteiger partial charge is 0.337 e. The van der Waals surface area contributed by atoms with E-state index in [2.05, 4.69) is 20.4 Å². The second-order valence-electron chi connectivity index (χ2n) is 7.82. The maximum absolute atomic E-state index is 13.0. The minimum atomic E-state index is -0.133. The van der Waals surface area contributed by atoms with Crippen LogP contribution in [-0.4, -0.2) is 49.6 Å². The van der Waals surface area contributed by atoms with Gasteiger partial charge in [-0.25, -0.2) is 14.6 Å². The van der Waals surface area contributed by atoms with Crippen LogP contribution in [0.4, 0.5) is 5.82 Å². The van der Waals surface area contributed by atoms with Crippen LogP contribution in [0.1, 0.15) is 23.3 Å². The summed E-state index contributed by atoms with van der Waals surface area (Å²) in [7, 11) is 0. The lowest BCUT2D eigenvalue weighted by Crippen LogP contribution is -2.41. The minimum absolute atomic E-state index is 0.0489. The van der Waals surface area contributed by atoms with Crippen LogP contribution in [0.5, 0.6) is 0 Å². The number of nitrogens with one attached hydrogen (secondary N) is 1. The third-order valence-corrected chi connectivity index (χ3v) is 6.53. The summed E-state index contributed by atoms with van der Waals surface area (Å²) in [6, 6.07) is 15.2. The number of benzene rings is 1. The first-order valence-electron chi connectivity index (χ1n) is 10.7. The number of amides is 2. The number of anilines is 1. The molecule has 166 valence electrons. The molecule has 1 saturated heterocycles. The summed E-state index contributed by atoms with van der Waals surface area (Å²) in [4.78, 5) is 35.9. The molecule has 33 heavy (non-hydrogen) atoms. The van der Waals surface area contributed by atoms with Gasteiger partial charge in [-0.2, -0.15) is 5.10 Å². The summed E-state index contributed by atoms with van der Waals surface area (Å²) in [5, 5.41) is 9.80. The van der Waals surface area contributed by atoms with Crippen LogP contribution in [0.15, 0.2) is 72.5 Å². The van der Waals surface area contributed by atoms with E-state index in [9.17, 15) is 9.59 Å². The quantitative estimate of drug-likeness (QED) is 0.490. The molecular formula is C24H22N6O2S. The van der Waals surface area contributed by atoms with E-state index in [4.69, 9.17) is 0 Å². The summed E-state index contributed by atoms with van der Waals surface area (Å²) in [6.07, 6.45) is 6.54. The lowest BCUT2D eigenvalue weighted by atomic mass is 9.95. The molecule has 1 aliphatic rings. The first kappa shape index (κ1) is 21.0. The Kier molecular flexibility index (Phi) is 5.95. The van der Waals surface area contributed by atoms with E-state index in [1.165, 1.54) is 11.3 Å².